The normalized spacial score (nSPS) is 14.1. The van der Waals surface area contributed by atoms with E-state index in [-0.39, 0.29) is 5.91 Å². The highest BCUT2D eigenvalue weighted by Gasteiger charge is 2.28. The molecule has 4 heteroatoms. The molecule has 1 saturated heterocycles. The third-order valence-electron chi connectivity index (χ3n) is 8.04. The molecule has 0 atom stereocenters. The average molecular weight is 547 g/mol. The van der Waals surface area contributed by atoms with Crippen molar-refractivity contribution in [1.82, 2.24) is 10.0 Å². The summed E-state index contributed by atoms with van der Waals surface area (Å²) < 4.78 is 5.99. The molecule has 1 aliphatic heterocycles. The Labute approximate surface area is 245 Å². The first-order valence-electron chi connectivity index (χ1n) is 15.2. The second-order valence-electron chi connectivity index (χ2n) is 11.2. The van der Waals surface area contributed by atoms with Crippen molar-refractivity contribution in [1.29, 1.82) is 0 Å². The number of hydrogen-bond acceptors (Lipinski definition) is 3. The molecule has 4 aromatic carbocycles. The monoisotopic (exact) mass is 546 g/mol. The number of rotatable bonds is 12. The number of benzene rings is 4. The Kier molecular flexibility index (Phi) is 10.2. The summed E-state index contributed by atoms with van der Waals surface area (Å²) in [5.74, 6) is 2.31. The Morgan fingerprint density at radius 2 is 1.34 bits per heavy atom. The zero-order valence-corrected chi connectivity index (χ0v) is 24.3. The van der Waals surface area contributed by atoms with Crippen LogP contribution in [0.5, 0.6) is 11.5 Å². The van der Waals surface area contributed by atoms with Crippen molar-refractivity contribution in [2.24, 2.45) is 5.92 Å². The van der Waals surface area contributed by atoms with Gasteiger partial charge >= 0.3 is 0 Å². The van der Waals surface area contributed by atoms with Crippen LogP contribution in [0.1, 0.15) is 66.1 Å². The average Bonchev–Trinajstić information content (AvgIpc) is 3.02. The number of aryl methyl sites for hydroxylation is 1. The topological polar surface area (TPSA) is 32.8 Å². The number of amides is 1. The Bertz CT molecular complexity index is 1330. The lowest BCUT2D eigenvalue weighted by atomic mass is 9.90. The first-order valence-corrected chi connectivity index (χ1v) is 15.2. The van der Waals surface area contributed by atoms with Gasteiger partial charge in [-0.25, -0.2) is 5.01 Å². The molecule has 1 fully saturated rings. The van der Waals surface area contributed by atoms with Crippen molar-refractivity contribution in [3.8, 4) is 11.5 Å². The van der Waals surface area contributed by atoms with Gasteiger partial charge in [-0.3, -0.25) is 9.80 Å². The molecule has 1 heterocycles. The molecular formula is C37H42N2O2. The van der Waals surface area contributed by atoms with Crippen molar-refractivity contribution in [3.05, 3.63) is 131 Å². The number of unbranched alkanes of at least 4 members (excludes halogenated alkanes) is 2. The number of hydrogen-bond donors (Lipinski definition) is 0. The molecule has 212 valence electrons. The lowest BCUT2D eigenvalue weighted by Gasteiger charge is -2.40. The summed E-state index contributed by atoms with van der Waals surface area (Å²) >= 11 is 0. The van der Waals surface area contributed by atoms with E-state index in [1.807, 2.05) is 59.6 Å². The van der Waals surface area contributed by atoms with Gasteiger partial charge in [-0.2, -0.15) is 0 Å². The van der Waals surface area contributed by atoms with Gasteiger partial charge in [-0.05, 0) is 91.1 Å². The van der Waals surface area contributed by atoms with Gasteiger partial charge < -0.3 is 4.74 Å². The number of hydrazine groups is 1. The van der Waals surface area contributed by atoms with Gasteiger partial charge in [0.2, 0.25) is 0 Å². The van der Waals surface area contributed by atoms with Crippen LogP contribution >= 0.6 is 0 Å². The van der Waals surface area contributed by atoms with Crippen LogP contribution in [0.2, 0.25) is 0 Å². The molecule has 4 nitrogen and oxygen atoms in total. The van der Waals surface area contributed by atoms with Gasteiger partial charge in [0.25, 0.3) is 5.91 Å². The number of carbonyl (C=O) groups excluding carboxylic acids is 1. The van der Waals surface area contributed by atoms with Gasteiger partial charge in [0.1, 0.15) is 11.5 Å². The molecular weight excluding hydrogens is 504 g/mol. The van der Waals surface area contributed by atoms with E-state index in [1.165, 1.54) is 30.4 Å². The summed E-state index contributed by atoms with van der Waals surface area (Å²) in [5, 5.41) is 4.24. The maximum Gasteiger partial charge on any atom is 0.268 e. The minimum atomic E-state index is 0.0660. The van der Waals surface area contributed by atoms with E-state index in [0.29, 0.717) is 12.5 Å². The van der Waals surface area contributed by atoms with Crippen LogP contribution in [0.15, 0.2) is 109 Å². The largest absolute Gasteiger partial charge is 0.457 e. The second kappa shape index (κ2) is 14.7. The molecule has 1 aliphatic rings. The van der Waals surface area contributed by atoms with E-state index in [1.54, 1.807) is 0 Å². The van der Waals surface area contributed by atoms with Gasteiger partial charge in [0, 0.05) is 18.7 Å². The Hall–Kier alpha value is -3.89. The molecule has 1 amide bonds. The van der Waals surface area contributed by atoms with Crippen molar-refractivity contribution in [2.75, 3.05) is 13.1 Å². The van der Waals surface area contributed by atoms with Crippen LogP contribution in [0, 0.1) is 5.92 Å². The molecule has 0 radical (unpaired) electrons. The fraction of sp³-hybridized carbons (Fsp3) is 0.324. The van der Waals surface area contributed by atoms with E-state index in [9.17, 15) is 4.79 Å². The van der Waals surface area contributed by atoms with E-state index in [0.717, 1.165) is 61.4 Å². The highest BCUT2D eigenvalue weighted by Crippen LogP contribution is 2.26. The Morgan fingerprint density at radius 3 is 2.00 bits per heavy atom. The molecule has 0 spiro atoms. The fourth-order valence-electron chi connectivity index (χ4n) is 5.62. The molecule has 0 aromatic heterocycles. The molecule has 41 heavy (non-hydrogen) atoms. The molecule has 5 rings (SSSR count). The quantitative estimate of drug-likeness (QED) is 0.167. The molecule has 0 unspecified atom stereocenters. The first-order chi connectivity index (χ1) is 20.2. The minimum absolute atomic E-state index is 0.0660. The zero-order chi connectivity index (χ0) is 28.3. The van der Waals surface area contributed by atoms with Crippen LogP contribution in [0.3, 0.4) is 0 Å². The molecule has 0 aliphatic carbocycles. The number of carbonyl (C=O) groups is 1. The maximum atomic E-state index is 14.0. The van der Waals surface area contributed by atoms with Crippen LogP contribution in [0.4, 0.5) is 0 Å². The smallest absolute Gasteiger partial charge is 0.268 e. The summed E-state index contributed by atoms with van der Waals surface area (Å²) in [6.45, 7) is 4.53. The fourth-order valence-corrected chi connectivity index (χ4v) is 5.62. The second-order valence-corrected chi connectivity index (χ2v) is 11.2. The maximum absolute atomic E-state index is 14.0. The summed E-state index contributed by atoms with van der Waals surface area (Å²) in [7, 11) is 0. The predicted octanol–water partition coefficient (Wildman–Crippen LogP) is 8.72. The third kappa shape index (κ3) is 8.31. The van der Waals surface area contributed by atoms with Crippen molar-refractivity contribution in [3.63, 3.8) is 0 Å². The van der Waals surface area contributed by atoms with Crippen molar-refractivity contribution < 1.29 is 9.53 Å². The van der Waals surface area contributed by atoms with Crippen LogP contribution in [-0.2, 0) is 19.4 Å². The molecule has 0 N–H and O–H groups in total. The Balaban J connectivity index is 1.28. The minimum Gasteiger partial charge on any atom is -0.457 e. The van der Waals surface area contributed by atoms with E-state index in [2.05, 4.69) is 66.5 Å². The summed E-state index contributed by atoms with van der Waals surface area (Å²) in [6.07, 6.45) is 7.98. The molecule has 0 bridgehead atoms. The van der Waals surface area contributed by atoms with Crippen LogP contribution in [0.25, 0.3) is 0 Å². The predicted molar refractivity (Wildman–Crippen MR) is 167 cm³/mol. The summed E-state index contributed by atoms with van der Waals surface area (Å²) in [4.78, 5) is 14.0. The van der Waals surface area contributed by atoms with Crippen LogP contribution in [-0.4, -0.2) is 29.0 Å². The number of nitrogens with zero attached hydrogens (tertiary/aromatic N) is 2. The lowest BCUT2D eigenvalue weighted by Crippen LogP contribution is -2.49. The molecule has 0 saturated carbocycles. The van der Waals surface area contributed by atoms with E-state index < -0.39 is 0 Å². The number of para-hydroxylation sites is 1. The zero-order valence-electron chi connectivity index (χ0n) is 24.3. The van der Waals surface area contributed by atoms with Crippen molar-refractivity contribution >= 4 is 5.91 Å². The number of ether oxygens (including phenoxy) is 1. The highest BCUT2D eigenvalue weighted by atomic mass is 16.5. The van der Waals surface area contributed by atoms with Gasteiger partial charge in [-0.15, -0.1) is 0 Å². The summed E-state index contributed by atoms with van der Waals surface area (Å²) in [5.41, 5.74) is 4.54. The van der Waals surface area contributed by atoms with Gasteiger partial charge in [0.05, 0.1) is 6.54 Å². The standard InChI is InChI=1S/C37H42N2O2/c1-2-3-6-11-30-16-20-34(21-17-30)37(40)39(38-26-24-32(25-27-38)28-31-12-7-4-8-13-31)29-33-18-22-36(23-19-33)41-35-14-9-5-10-15-35/h4-5,7-10,12-23,32H,2-3,6,11,24-29H2,1H3. The van der Waals surface area contributed by atoms with E-state index >= 15 is 0 Å². The third-order valence-corrected chi connectivity index (χ3v) is 8.04. The van der Waals surface area contributed by atoms with Crippen LogP contribution < -0.4 is 4.74 Å². The summed E-state index contributed by atoms with van der Waals surface area (Å²) in [6, 6.07) is 37.0. The van der Waals surface area contributed by atoms with Gasteiger partial charge in [0.15, 0.2) is 0 Å². The van der Waals surface area contributed by atoms with Crippen molar-refractivity contribution in [2.45, 2.75) is 58.4 Å². The van der Waals surface area contributed by atoms with Gasteiger partial charge in [-0.1, -0.05) is 92.6 Å². The Morgan fingerprint density at radius 1 is 0.732 bits per heavy atom. The molecule has 4 aromatic rings. The highest BCUT2D eigenvalue weighted by molar-refractivity contribution is 5.94. The van der Waals surface area contributed by atoms with E-state index in [4.69, 9.17) is 4.74 Å². The first kappa shape index (κ1) is 28.6. The SMILES string of the molecule is CCCCCc1ccc(C(=O)N(Cc2ccc(Oc3ccccc3)cc2)N2CCC(Cc3ccccc3)CC2)cc1. The lowest BCUT2D eigenvalue weighted by molar-refractivity contribution is -0.0351. The number of piperidine rings is 1.